The van der Waals surface area contributed by atoms with Crippen LogP contribution in [-0.4, -0.2) is 60.8 Å². The van der Waals surface area contributed by atoms with Gasteiger partial charge in [-0.25, -0.2) is 0 Å². The van der Waals surface area contributed by atoms with Crippen LogP contribution in [0.3, 0.4) is 0 Å². The number of nitrogens with one attached hydrogen (secondary N) is 1. The maximum atomic E-state index is 12.4. The van der Waals surface area contributed by atoms with Gasteiger partial charge in [0.2, 0.25) is 0 Å². The van der Waals surface area contributed by atoms with Crippen LogP contribution in [0.5, 0.6) is 0 Å². The molecule has 1 amide bonds. The van der Waals surface area contributed by atoms with Gasteiger partial charge in [0, 0.05) is 38.6 Å². The number of piperidine rings is 1. The van der Waals surface area contributed by atoms with E-state index < -0.39 is 0 Å². The van der Waals surface area contributed by atoms with Gasteiger partial charge in [-0.2, -0.15) is 0 Å². The minimum absolute atomic E-state index is 0. The van der Waals surface area contributed by atoms with Crippen LogP contribution >= 0.6 is 24.8 Å². The van der Waals surface area contributed by atoms with Gasteiger partial charge in [0.05, 0.1) is 19.3 Å². The number of pyridine rings is 1. The van der Waals surface area contributed by atoms with Crippen molar-refractivity contribution in [3.8, 4) is 0 Å². The number of halogens is 2. The average Bonchev–Trinajstić information content (AvgIpc) is 2.61. The van der Waals surface area contributed by atoms with E-state index in [1.165, 1.54) is 0 Å². The molecule has 0 bridgehead atoms. The second kappa shape index (κ2) is 10.8. The SMILES string of the molecule is Cl.Cl.O=C(C1CNCCO1)N1CCC(OCc2cccnc2)CC1. The largest absolute Gasteiger partial charge is 0.373 e. The molecule has 24 heavy (non-hydrogen) atoms. The Labute approximate surface area is 155 Å². The number of ether oxygens (including phenoxy) is 2. The zero-order valence-corrected chi connectivity index (χ0v) is 15.2. The summed E-state index contributed by atoms with van der Waals surface area (Å²) in [6.45, 7) is 4.14. The first-order valence-corrected chi connectivity index (χ1v) is 7.94. The number of rotatable bonds is 4. The Morgan fingerprint density at radius 3 is 2.79 bits per heavy atom. The van der Waals surface area contributed by atoms with Crippen molar-refractivity contribution in [1.82, 2.24) is 15.2 Å². The molecule has 3 rings (SSSR count). The molecule has 0 saturated carbocycles. The molecule has 2 aliphatic heterocycles. The maximum absolute atomic E-state index is 12.4. The van der Waals surface area contributed by atoms with Crippen LogP contribution in [-0.2, 0) is 20.9 Å². The van der Waals surface area contributed by atoms with Gasteiger partial charge < -0.3 is 19.7 Å². The highest BCUT2D eigenvalue weighted by molar-refractivity contribution is 5.85. The monoisotopic (exact) mass is 377 g/mol. The van der Waals surface area contributed by atoms with Crippen molar-refractivity contribution in [3.05, 3.63) is 30.1 Å². The van der Waals surface area contributed by atoms with Crippen LogP contribution in [0.2, 0.25) is 0 Å². The molecule has 2 fully saturated rings. The minimum atomic E-state index is -0.318. The van der Waals surface area contributed by atoms with Gasteiger partial charge in [-0.05, 0) is 24.5 Å². The Kier molecular flexibility index (Phi) is 9.54. The van der Waals surface area contributed by atoms with Crippen LogP contribution < -0.4 is 5.32 Å². The predicted octanol–water partition coefficient (Wildman–Crippen LogP) is 1.42. The lowest BCUT2D eigenvalue weighted by atomic mass is 10.1. The van der Waals surface area contributed by atoms with Crippen molar-refractivity contribution in [3.63, 3.8) is 0 Å². The Bertz CT molecular complexity index is 479. The number of carbonyl (C=O) groups is 1. The number of hydrogen-bond acceptors (Lipinski definition) is 5. The van der Waals surface area contributed by atoms with E-state index in [1.807, 2.05) is 23.2 Å². The van der Waals surface area contributed by atoms with Gasteiger partial charge in [-0.1, -0.05) is 6.07 Å². The molecule has 1 N–H and O–H groups in total. The summed E-state index contributed by atoms with van der Waals surface area (Å²) in [5.74, 6) is 0.109. The Morgan fingerprint density at radius 1 is 1.38 bits per heavy atom. The van der Waals surface area contributed by atoms with Crippen molar-refractivity contribution in [2.45, 2.75) is 31.7 Å². The maximum Gasteiger partial charge on any atom is 0.253 e. The number of amides is 1. The van der Waals surface area contributed by atoms with Gasteiger partial charge in [0.15, 0.2) is 0 Å². The van der Waals surface area contributed by atoms with Gasteiger partial charge in [-0.15, -0.1) is 24.8 Å². The fourth-order valence-electron chi connectivity index (χ4n) is 2.87. The van der Waals surface area contributed by atoms with Gasteiger partial charge in [0.1, 0.15) is 6.10 Å². The van der Waals surface area contributed by atoms with Crippen molar-refractivity contribution in [2.75, 3.05) is 32.8 Å². The van der Waals surface area contributed by atoms with Gasteiger partial charge >= 0.3 is 0 Å². The summed E-state index contributed by atoms with van der Waals surface area (Å²) in [5.41, 5.74) is 1.09. The lowest BCUT2D eigenvalue weighted by molar-refractivity contribution is -0.147. The second-order valence-electron chi connectivity index (χ2n) is 5.76. The van der Waals surface area contributed by atoms with E-state index in [-0.39, 0.29) is 42.9 Å². The quantitative estimate of drug-likeness (QED) is 0.859. The van der Waals surface area contributed by atoms with E-state index in [4.69, 9.17) is 9.47 Å². The first-order chi connectivity index (χ1) is 10.8. The number of hydrogen-bond donors (Lipinski definition) is 1. The van der Waals surface area contributed by atoms with Crippen LogP contribution in [0.4, 0.5) is 0 Å². The van der Waals surface area contributed by atoms with Crippen molar-refractivity contribution < 1.29 is 14.3 Å². The number of aromatic nitrogens is 1. The molecule has 136 valence electrons. The first kappa shape index (κ1) is 21.1. The van der Waals surface area contributed by atoms with E-state index in [1.54, 1.807) is 6.20 Å². The molecule has 1 aromatic heterocycles. The van der Waals surface area contributed by atoms with Crippen LogP contribution in [0.25, 0.3) is 0 Å². The Balaban J connectivity index is 0.00000144. The highest BCUT2D eigenvalue weighted by Gasteiger charge is 2.30. The number of morpholine rings is 1. The van der Waals surface area contributed by atoms with Gasteiger partial charge in [0.25, 0.3) is 5.91 Å². The fraction of sp³-hybridized carbons (Fsp3) is 0.625. The minimum Gasteiger partial charge on any atom is -0.373 e. The topological polar surface area (TPSA) is 63.7 Å². The summed E-state index contributed by atoms with van der Waals surface area (Å²) in [4.78, 5) is 18.3. The van der Waals surface area contributed by atoms with E-state index in [2.05, 4.69) is 10.3 Å². The second-order valence-corrected chi connectivity index (χ2v) is 5.76. The van der Waals surface area contributed by atoms with E-state index in [9.17, 15) is 4.79 Å². The molecule has 8 heteroatoms. The van der Waals surface area contributed by atoms with E-state index in [0.29, 0.717) is 19.8 Å². The summed E-state index contributed by atoms with van der Waals surface area (Å²) in [5, 5.41) is 3.20. The number of nitrogens with zero attached hydrogens (tertiary/aromatic N) is 2. The van der Waals surface area contributed by atoms with E-state index >= 15 is 0 Å². The molecule has 2 saturated heterocycles. The van der Waals surface area contributed by atoms with Crippen LogP contribution in [0.15, 0.2) is 24.5 Å². The molecule has 6 nitrogen and oxygen atoms in total. The summed E-state index contributed by atoms with van der Waals surface area (Å²) in [7, 11) is 0. The molecular formula is C16H25Cl2N3O3. The number of likely N-dealkylation sites (tertiary alicyclic amines) is 1. The first-order valence-electron chi connectivity index (χ1n) is 7.94. The van der Waals surface area contributed by atoms with Crippen LogP contribution in [0, 0.1) is 0 Å². The predicted molar refractivity (Wildman–Crippen MR) is 95.7 cm³/mol. The summed E-state index contributed by atoms with van der Waals surface area (Å²) in [6, 6.07) is 3.93. The molecule has 3 heterocycles. The third-order valence-corrected chi connectivity index (χ3v) is 4.17. The standard InChI is InChI=1S/C16H23N3O3.2ClH/c20-16(15-11-18-6-9-21-15)19-7-3-14(4-8-19)22-12-13-2-1-5-17-10-13;;/h1-2,5,10,14-15,18H,3-4,6-9,11-12H2;2*1H. The zero-order chi connectivity index (χ0) is 15.2. The van der Waals surface area contributed by atoms with Gasteiger partial charge in [-0.3, -0.25) is 9.78 Å². The number of carbonyl (C=O) groups excluding carboxylic acids is 1. The lowest BCUT2D eigenvalue weighted by Crippen LogP contribution is -2.51. The molecule has 2 aliphatic rings. The van der Waals surface area contributed by atoms with Crippen molar-refractivity contribution >= 4 is 30.7 Å². The van der Waals surface area contributed by atoms with Crippen LogP contribution in [0.1, 0.15) is 18.4 Å². The summed E-state index contributed by atoms with van der Waals surface area (Å²) >= 11 is 0. The molecule has 1 atom stereocenters. The normalized spacial score (nSPS) is 21.5. The molecule has 1 aromatic rings. The van der Waals surface area contributed by atoms with E-state index in [0.717, 1.165) is 38.0 Å². The summed E-state index contributed by atoms with van der Waals surface area (Å²) in [6.07, 6.45) is 5.25. The molecule has 0 aromatic carbocycles. The molecule has 1 unspecified atom stereocenters. The Hall–Kier alpha value is -0.920. The molecule has 0 aliphatic carbocycles. The van der Waals surface area contributed by atoms with Crippen molar-refractivity contribution in [2.24, 2.45) is 0 Å². The zero-order valence-electron chi connectivity index (χ0n) is 13.6. The average molecular weight is 378 g/mol. The third kappa shape index (κ3) is 5.86. The molecular weight excluding hydrogens is 353 g/mol. The third-order valence-electron chi connectivity index (χ3n) is 4.17. The fourth-order valence-corrected chi connectivity index (χ4v) is 2.87. The molecule has 0 radical (unpaired) electrons. The highest BCUT2D eigenvalue weighted by Crippen LogP contribution is 2.17. The highest BCUT2D eigenvalue weighted by atomic mass is 35.5. The lowest BCUT2D eigenvalue weighted by Gasteiger charge is -2.35. The van der Waals surface area contributed by atoms with Crippen molar-refractivity contribution in [1.29, 1.82) is 0 Å². The Morgan fingerprint density at radius 2 is 2.17 bits per heavy atom. The smallest absolute Gasteiger partial charge is 0.253 e. The molecule has 0 spiro atoms. The summed E-state index contributed by atoms with van der Waals surface area (Å²) < 4.78 is 11.5.